The number of aromatic nitrogens is 3. The second kappa shape index (κ2) is 13.0. The molecule has 0 saturated heterocycles. The summed E-state index contributed by atoms with van der Waals surface area (Å²) in [5.74, 6) is -1.45. The zero-order chi connectivity index (χ0) is 30.3. The van der Waals surface area contributed by atoms with E-state index < -0.39 is 24.1 Å². The molecular formula is C28H29F3N8O3. The molecule has 2 amide bonds. The first-order chi connectivity index (χ1) is 20.0. The lowest BCUT2D eigenvalue weighted by Crippen LogP contribution is -2.28. The number of halogens is 3. The Labute approximate surface area is 238 Å². The fourth-order valence-corrected chi connectivity index (χ4v) is 4.43. The van der Waals surface area contributed by atoms with E-state index in [-0.39, 0.29) is 36.2 Å². The Kier molecular flexibility index (Phi) is 9.25. The standard InChI is InChI=1S/C28H29F3N8O3/c29-28(30,31)42-20-7-3-5-17(15-20)25-38-21-16-18(26(41)36-14-11-19-6-1-2-12-35-19)9-10-22(21)39(25)23(24(32)40)8-4-13-37-27(33)34/h1-3,5-7,9-10,12,15-16,23H,4,8,11,13-14H2,(H2,32,40)(H,36,41)(H4,33,34,37). The van der Waals surface area contributed by atoms with Crippen LogP contribution in [0.25, 0.3) is 22.4 Å². The average molecular weight is 583 g/mol. The maximum absolute atomic E-state index is 12.9. The van der Waals surface area contributed by atoms with Gasteiger partial charge in [0.15, 0.2) is 5.96 Å². The first kappa shape index (κ1) is 29.8. The molecule has 0 aliphatic rings. The van der Waals surface area contributed by atoms with Crippen molar-refractivity contribution in [2.24, 2.45) is 22.2 Å². The minimum Gasteiger partial charge on any atom is -0.406 e. The van der Waals surface area contributed by atoms with Crippen LogP contribution < -0.4 is 27.3 Å². The number of guanidine groups is 1. The summed E-state index contributed by atoms with van der Waals surface area (Å²) in [5, 5.41) is 2.84. The number of rotatable bonds is 12. The molecule has 4 rings (SSSR count). The van der Waals surface area contributed by atoms with E-state index in [1.807, 2.05) is 12.1 Å². The highest BCUT2D eigenvalue weighted by molar-refractivity contribution is 5.98. The van der Waals surface area contributed by atoms with Crippen LogP contribution in [0.2, 0.25) is 0 Å². The molecule has 14 heteroatoms. The van der Waals surface area contributed by atoms with Crippen molar-refractivity contribution in [3.63, 3.8) is 0 Å². The third-order valence-electron chi connectivity index (χ3n) is 6.24. The predicted octanol–water partition coefficient (Wildman–Crippen LogP) is 3.05. The van der Waals surface area contributed by atoms with Crippen molar-refractivity contribution in [3.05, 3.63) is 78.1 Å². The minimum atomic E-state index is -4.90. The summed E-state index contributed by atoms with van der Waals surface area (Å²) in [6.07, 6.45) is -2.12. The molecule has 42 heavy (non-hydrogen) atoms. The van der Waals surface area contributed by atoms with Gasteiger partial charge in [0, 0.05) is 42.5 Å². The maximum atomic E-state index is 12.9. The summed E-state index contributed by atoms with van der Waals surface area (Å²) in [7, 11) is 0. The summed E-state index contributed by atoms with van der Waals surface area (Å²) < 4.78 is 44.4. The summed E-state index contributed by atoms with van der Waals surface area (Å²) in [5.41, 5.74) is 18.7. The molecule has 0 saturated carbocycles. The predicted molar refractivity (Wildman–Crippen MR) is 150 cm³/mol. The van der Waals surface area contributed by atoms with Crippen LogP contribution >= 0.6 is 0 Å². The van der Waals surface area contributed by atoms with E-state index in [2.05, 4.69) is 25.0 Å². The number of carbonyl (C=O) groups excluding carboxylic acids is 2. The molecule has 0 radical (unpaired) electrons. The molecule has 11 nitrogen and oxygen atoms in total. The van der Waals surface area contributed by atoms with E-state index in [0.717, 1.165) is 17.8 Å². The molecule has 1 unspecified atom stereocenters. The molecule has 0 fully saturated rings. The van der Waals surface area contributed by atoms with Crippen molar-refractivity contribution in [3.8, 4) is 17.1 Å². The maximum Gasteiger partial charge on any atom is 0.573 e. The number of benzene rings is 2. The van der Waals surface area contributed by atoms with Gasteiger partial charge in [-0.3, -0.25) is 19.6 Å². The van der Waals surface area contributed by atoms with Gasteiger partial charge in [-0.05, 0) is 55.3 Å². The average Bonchev–Trinajstić information content (AvgIpc) is 3.31. The number of primary amides is 1. The minimum absolute atomic E-state index is 0.105. The van der Waals surface area contributed by atoms with E-state index in [1.54, 1.807) is 35.0 Å². The van der Waals surface area contributed by atoms with E-state index in [4.69, 9.17) is 17.2 Å². The second-order valence-electron chi connectivity index (χ2n) is 9.28. The molecule has 7 N–H and O–H groups in total. The lowest BCUT2D eigenvalue weighted by atomic mass is 10.1. The number of imidazole rings is 1. The Hall–Kier alpha value is -5.14. The van der Waals surface area contributed by atoms with Crippen LogP contribution in [-0.4, -0.2) is 51.8 Å². The van der Waals surface area contributed by atoms with Crippen LogP contribution in [0.4, 0.5) is 13.2 Å². The van der Waals surface area contributed by atoms with Crippen molar-refractivity contribution in [2.45, 2.75) is 31.7 Å². The van der Waals surface area contributed by atoms with Crippen molar-refractivity contribution < 1.29 is 27.5 Å². The number of hydrogen-bond acceptors (Lipinski definition) is 6. The number of ether oxygens (including phenoxy) is 1. The molecule has 0 aliphatic heterocycles. The molecule has 220 valence electrons. The smallest absolute Gasteiger partial charge is 0.406 e. The van der Waals surface area contributed by atoms with E-state index >= 15 is 0 Å². The number of pyridine rings is 1. The van der Waals surface area contributed by atoms with Crippen molar-refractivity contribution in [1.29, 1.82) is 0 Å². The van der Waals surface area contributed by atoms with Crippen LogP contribution in [0, 0.1) is 0 Å². The highest BCUT2D eigenvalue weighted by atomic mass is 19.4. The van der Waals surface area contributed by atoms with Gasteiger partial charge in [-0.2, -0.15) is 0 Å². The highest BCUT2D eigenvalue weighted by Gasteiger charge is 2.31. The third kappa shape index (κ3) is 7.74. The number of fused-ring (bicyclic) bond motifs is 1. The number of alkyl halides is 3. The number of nitrogens with two attached hydrogens (primary N) is 3. The van der Waals surface area contributed by atoms with Gasteiger partial charge in [0.1, 0.15) is 17.6 Å². The quantitative estimate of drug-likeness (QED) is 0.113. The molecule has 2 aromatic heterocycles. The van der Waals surface area contributed by atoms with Crippen molar-refractivity contribution in [1.82, 2.24) is 19.9 Å². The van der Waals surface area contributed by atoms with E-state index in [1.165, 1.54) is 12.1 Å². The fourth-order valence-electron chi connectivity index (χ4n) is 4.43. The molecule has 2 aromatic carbocycles. The molecule has 0 bridgehead atoms. The monoisotopic (exact) mass is 582 g/mol. The molecule has 1 atom stereocenters. The number of carbonyl (C=O) groups is 2. The van der Waals surface area contributed by atoms with Gasteiger partial charge in [0.05, 0.1) is 11.0 Å². The van der Waals surface area contributed by atoms with Crippen LogP contribution in [0.1, 0.15) is 34.9 Å². The first-order valence-electron chi connectivity index (χ1n) is 12.9. The highest BCUT2D eigenvalue weighted by Crippen LogP contribution is 2.33. The Morgan fingerprint density at radius 1 is 1.05 bits per heavy atom. The summed E-state index contributed by atoms with van der Waals surface area (Å²) in [4.78, 5) is 38.3. The Morgan fingerprint density at radius 2 is 1.86 bits per heavy atom. The third-order valence-corrected chi connectivity index (χ3v) is 6.24. The Bertz CT molecular complexity index is 1580. The largest absolute Gasteiger partial charge is 0.573 e. The molecular weight excluding hydrogens is 553 g/mol. The molecule has 2 heterocycles. The first-order valence-corrected chi connectivity index (χ1v) is 12.9. The van der Waals surface area contributed by atoms with Crippen LogP contribution in [-0.2, 0) is 11.2 Å². The van der Waals surface area contributed by atoms with Crippen molar-refractivity contribution >= 4 is 28.8 Å². The zero-order valence-corrected chi connectivity index (χ0v) is 22.3. The molecule has 0 spiro atoms. The van der Waals surface area contributed by atoms with E-state index in [9.17, 15) is 22.8 Å². The van der Waals surface area contributed by atoms with Gasteiger partial charge >= 0.3 is 6.36 Å². The number of amides is 2. The topological polar surface area (TPSA) is 177 Å². The zero-order valence-electron chi connectivity index (χ0n) is 22.3. The fraction of sp³-hybridized carbons (Fsp3) is 0.250. The van der Waals surface area contributed by atoms with Gasteiger partial charge in [-0.25, -0.2) is 4.98 Å². The summed E-state index contributed by atoms with van der Waals surface area (Å²) in [6.45, 7) is 0.574. The van der Waals surface area contributed by atoms with Crippen molar-refractivity contribution in [2.75, 3.05) is 13.1 Å². The van der Waals surface area contributed by atoms with Crippen LogP contribution in [0.15, 0.2) is 71.9 Å². The van der Waals surface area contributed by atoms with Gasteiger partial charge in [-0.1, -0.05) is 18.2 Å². The lowest BCUT2D eigenvalue weighted by Gasteiger charge is -2.19. The van der Waals surface area contributed by atoms with E-state index in [0.29, 0.717) is 36.0 Å². The van der Waals surface area contributed by atoms with Gasteiger partial charge < -0.3 is 31.8 Å². The van der Waals surface area contributed by atoms with Crippen LogP contribution in [0.5, 0.6) is 5.75 Å². The second-order valence-corrected chi connectivity index (χ2v) is 9.28. The molecule has 4 aromatic rings. The van der Waals surface area contributed by atoms with Gasteiger partial charge in [0.25, 0.3) is 5.91 Å². The Balaban J connectivity index is 1.70. The SMILES string of the molecule is NC(=O)C(CCCN=C(N)N)n1c(-c2cccc(OC(F)(F)F)c2)nc2cc(C(=O)NCCc3ccccn3)ccc21. The van der Waals surface area contributed by atoms with Gasteiger partial charge in [0.2, 0.25) is 5.91 Å². The number of aliphatic imine (C=N–C) groups is 1. The number of nitrogens with one attached hydrogen (secondary N) is 1. The Morgan fingerprint density at radius 3 is 2.55 bits per heavy atom. The van der Waals surface area contributed by atoms with Gasteiger partial charge in [-0.15, -0.1) is 13.2 Å². The summed E-state index contributed by atoms with van der Waals surface area (Å²) in [6, 6.07) is 14.5. The normalized spacial score (nSPS) is 12.1. The summed E-state index contributed by atoms with van der Waals surface area (Å²) >= 11 is 0. The van der Waals surface area contributed by atoms with Crippen LogP contribution in [0.3, 0.4) is 0 Å². The number of hydrogen-bond donors (Lipinski definition) is 4. The molecule has 0 aliphatic carbocycles. The number of nitrogens with zero attached hydrogens (tertiary/aromatic N) is 4. The lowest BCUT2D eigenvalue weighted by molar-refractivity contribution is -0.274.